The fraction of sp³-hybridized carbons (Fsp3) is 0.400. The van der Waals surface area contributed by atoms with E-state index in [0.717, 1.165) is 43.6 Å². The summed E-state index contributed by atoms with van der Waals surface area (Å²) < 4.78 is 1.59. The van der Waals surface area contributed by atoms with E-state index in [-0.39, 0.29) is 5.91 Å². The maximum absolute atomic E-state index is 13.5. The summed E-state index contributed by atoms with van der Waals surface area (Å²) in [5.41, 5.74) is 3.97. The summed E-state index contributed by atoms with van der Waals surface area (Å²) in [6, 6.07) is 19.8. The Balaban J connectivity index is 1.47. The van der Waals surface area contributed by atoms with Crippen molar-refractivity contribution in [2.45, 2.75) is 44.4 Å². The van der Waals surface area contributed by atoms with Crippen molar-refractivity contribution in [1.82, 2.24) is 24.8 Å². The van der Waals surface area contributed by atoms with E-state index in [9.17, 15) is 4.79 Å². The lowest BCUT2D eigenvalue weighted by Crippen LogP contribution is -2.45. The third kappa shape index (κ3) is 4.39. The number of amides is 1. The second-order valence-electron chi connectivity index (χ2n) is 8.88. The molecule has 1 N–H and O–H groups in total. The molecular weight excluding hydrogens is 400 g/mol. The summed E-state index contributed by atoms with van der Waals surface area (Å²) in [5, 5.41) is 11.7. The summed E-state index contributed by atoms with van der Waals surface area (Å²) >= 11 is 0. The number of anilines is 1. The van der Waals surface area contributed by atoms with Gasteiger partial charge in [0.25, 0.3) is 5.91 Å². The first-order valence-electron chi connectivity index (χ1n) is 11.4. The predicted octanol–water partition coefficient (Wildman–Crippen LogP) is 3.31. The number of carbonyl (C=O) groups excluding carboxylic acids is 1. The number of hydrogen-bond donors (Lipinski definition) is 1. The SMILES string of the molecule is Cn1cc(C(=O)N2Cc3ccccc3NCC[C@@H]3CC[C@H](C2)N3Cc2ccccc2)nn1. The van der Waals surface area contributed by atoms with Gasteiger partial charge in [0.15, 0.2) is 5.69 Å². The normalized spacial score (nSPS) is 21.5. The lowest BCUT2D eigenvalue weighted by molar-refractivity contribution is 0.0657. The van der Waals surface area contributed by atoms with E-state index in [2.05, 4.69) is 63.0 Å². The summed E-state index contributed by atoms with van der Waals surface area (Å²) in [4.78, 5) is 18.1. The van der Waals surface area contributed by atoms with E-state index >= 15 is 0 Å². The summed E-state index contributed by atoms with van der Waals surface area (Å²) in [6.45, 7) is 3.08. The Morgan fingerprint density at radius 3 is 2.62 bits per heavy atom. The topological polar surface area (TPSA) is 66.3 Å². The largest absolute Gasteiger partial charge is 0.385 e. The van der Waals surface area contributed by atoms with Crippen molar-refractivity contribution >= 4 is 11.6 Å². The Bertz CT molecular complexity index is 1070. The van der Waals surface area contributed by atoms with Crippen LogP contribution in [0.3, 0.4) is 0 Å². The Morgan fingerprint density at radius 2 is 1.81 bits per heavy atom. The second kappa shape index (κ2) is 9.12. The number of para-hydroxylation sites is 1. The van der Waals surface area contributed by atoms with Crippen LogP contribution in [-0.4, -0.2) is 55.9 Å². The van der Waals surface area contributed by atoms with Crippen LogP contribution in [0, 0.1) is 0 Å². The number of hydrogen-bond acceptors (Lipinski definition) is 5. The van der Waals surface area contributed by atoms with E-state index in [1.165, 1.54) is 5.56 Å². The molecule has 5 rings (SSSR count). The Kier molecular flexibility index (Phi) is 5.90. The fourth-order valence-corrected chi connectivity index (χ4v) is 5.06. The fourth-order valence-electron chi connectivity index (χ4n) is 5.06. The standard InChI is InChI=1S/C25H30N6O/c1-29-18-24(27-28-29)25(32)30-16-20-9-5-6-10-23(20)26-14-13-21-11-12-22(17-30)31(21)15-19-7-3-2-4-8-19/h2-10,18,21-22,26H,11-17H2,1H3/t21-,22+/m0/s1. The molecule has 7 nitrogen and oxygen atoms in total. The molecule has 2 bridgehead atoms. The minimum absolute atomic E-state index is 0.0599. The monoisotopic (exact) mass is 430 g/mol. The van der Waals surface area contributed by atoms with Crippen molar-refractivity contribution < 1.29 is 4.79 Å². The van der Waals surface area contributed by atoms with E-state index in [4.69, 9.17) is 0 Å². The zero-order chi connectivity index (χ0) is 21.9. The van der Waals surface area contributed by atoms with Gasteiger partial charge >= 0.3 is 0 Å². The van der Waals surface area contributed by atoms with Crippen molar-refractivity contribution in [3.05, 3.63) is 77.6 Å². The molecule has 0 spiro atoms. The molecule has 2 atom stereocenters. The Labute approximate surface area is 189 Å². The maximum atomic E-state index is 13.5. The zero-order valence-electron chi connectivity index (χ0n) is 18.5. The molecule has 0 unspecified atom stereocenters. The highest BCUT2D eigenvalue weighted by molar-refractivity contribution is 5.92. The number of nitrogens with zero attached hydrogens (tertiary/aromatic N) is 5. The zero-order valence-corrected chi connectivity index (χ0v) is 18.5. The molecule has 3 aromatic rings. The first-order chi connectivity index (χ1) is 15.7. The molecule has 0 aliphatic carbocycles. The number of fused-ring (bicyclic) bond motifs is 3. The molecule has 1 amide bonds. The molecule has 1 aromatic heterocycles. The highest BCUT2D eigenvalue weighted by Gasteiger charge is 2.36. The van der Waals surface area contributed by atoms with Gasteiger partial charge in [-0.3, -0.25) is 14.4 Å². The van der Waals surface area contributed by atoms with Gasteiger partial charge in [0.2, 0.25) is 0 Å². The third-order valence-electron chi connectivity index (χ3n) is 6.69. The van der Waals surface area contributed by atoms with Crippen LogP contribution in [-0.2, 0) is 20.1 Å². The first-order valence-corrected chi connectivity index (χ1v) is 11.4. The molecular formula is C25H30N6O. The van der Waals surface area contributed by atoms with Crippen LogP contribution in [0.4, 0.5) is 5.69 Å². The van der Waals surface area contributed by atoms with Crippen molar-refractivity contribution in [3.63, 3.8) is 0 Å². The van der Waals surface area contributed by atoms with Crippen molar-refractivity contribution in [1.29, 1.82) is 0 Å². The Morgan fingerprint density at radius 1 is 1.03 bits per heavy atom. The molecule has 7 heteroatoms. The highest BCUT2D eigenvalue weighted by Crippen LogP contribution is 2.31. The number of aryl methyl sites for hydroxylation is 1. The predicted molar refractivity (Wildman–Crippen MR) is 124 cm³/mol. The number of nitrogens with one attached hydrogen (secondary N) is 1. The van der Waals surface area contributed by atoms with E-state index in [1.54, 1.807) is 17.9 Å². The smallest absolute Gasteiger partial charge is 0.276 e. The molecule has 32 heavy (non-hydrogen) atoms. The van der Waals surface area contributed by atoms with Gasteiger partial charge in [-0.15, -0.1) is 5.10 Å². The third-order valence-corrected chi connectivity index (χ3v) is 6.69. The van der Waals surface area contributed by atoms with Crippen LogP contribution in [0.1, 0.15) is 40.9 Å². The van der Waals surface area contributed by atoms with Crippen LogP contribution in [0.5, 0.6) is 0 Å². The molecule has 1 saturated heterocycles. The minimum atomic E-state index is -0.0599. The number of carbonyl (C=O) groups is 1. The van der Waals surface area contributed by atoms with Crippen molar-refractivity contribution in [2.24, 2.45) is 7.05 Å². The van der Waals surface area contributed by atoms with Crippen LogP contribution in [0.25, 0.3) is 0 Å². The van der Waals surface area contributed by atoms with Crippen LogP contribution < -0.4 is 5.32 Å². The maximum Gasteiger partial charge on any atom is 0.276 e. The van der Waals surface area contributed by atoms with E-state index in [0.29, 0.717) is 30.9 Å². The lowest BCUT2D eigenvalue weighted by atomic mass is 10.1. The quantitative estimate of drug-likeness (QED) is 0.691. The number of rotatable bonds is 3. The Hall–Kier alpha value is -3.19. The average molecular weight is 431 g/mol. The second-order valence-corrected chi connectivity index (χ2v) is 8.88. The van der Waals surface area contributed by atoms with Gasteiger partial charge in [0, 0.05) is 51.0 Å². The van der Waals surface area contributed by atoms with E-state index in [1.807, 2.05) is 17.0 Å². The summed E-state index contributed by atoms with van der Waals surface area (Å²) in [5.74, 6) is -0.0599. The van der Waals surface area contributed by atoms with Gasteiger partial charge in [0.05, 0.1) is 6.20 Å². The molecule has 3 heterocycles. The molecule has 2 aromatic carbocycles. The van der Waals surface area contributed by atoms with Crippen LogP contribution >= 0.6 is 0 Å². The number of benzene rings is 2. The minimum Gasteiger partial charge on any atom is -0.385 e. The molecule has 166 valence electrons. The number of aromatic nitrogens is 3. The summed E-state index contributed by atoms with van der Waals surface area (Å²) in [6.07, 6.45) is 5.06. The van der Waals surface area contributed by atoms with Gasteiger partial charge in [-0.2, -0.15) is 0 Å². The van der Waals surface area contributed by atoms with Gasteiger partial charge in [0.1, 0.15) is 0 Å². The highest BCUT2D eigenvalue weighted by atomic mass is 16.2. The first kappa shape index (κ1) is 20.7. The van der Waals surface area contributed by atoms with Gasteiger partial charge in [-0.1, -0.05) is 53.7 Å². The average Bonchev–Trinajstić information content (AvgIpc) is 3.40. The molecule has 2 aliphatic rings. The van der Waals surface area contributed by atoms with Gasteiger partial charge < -0.3 is 10.2 Å². The molecule has 2 aliphatic heterocycles. The molecule has 0 radical (unpaired) electrons. The van der Waals surface area contributed by atoms with Crippen molar-refractivity contribution in [3.8, 4) is 0 Å². The molecule has 1 fully saturated rings. The molecule has 0 saturated carbocycles. The van der Waals surface area contributed by atoms with Crippen molar-refractivity contribution in [2.75, 3.05) is 18.4 Å². The van der Waals surface area contributed by atoms with Gasteiger partial charge in [-0.25, -0.2) is 0 Å². The lowest BCUT2D eigenvalue weighted by Gasteiger charge is -2.33. The van der Waals surface area contributed by atoms with Crippen LogP contribution in [0.15, 0.2) is 60.8 Å². The van der Waals surface area contributed by atoms with Gasteiger partial charge in [-0.05, 0) is 36.5 Å². The summed E-state index contributed by atoms with van der Waals surface area (Å²) in [7, 11) is 1.79. The van der Waals surface area contributed by atoms with E-state index < -0.39 is 0 Å². The van der Waals surface area contributed by atoms with Crippen LogP contribution in [0.2, 0.25) is 0 Å².